The van der Waals surface area contributed by atoms with Crippen molar-refractivity contribution in [3.05, 3.63) is 11.2 Å². The fourth-order valence-corrected chi connectivity index (χ4v) is 1.65. The van der Waals surface area contributed by atoms with Gasteiger partial charge in [0.1, 0.15) is 5.16 Å². The second-order valence-corrected chi connectivity index (χ2v) is 3.89. The average molecular weight is 237 g/mol. The van der Waals surface area contributed by atoms with E-state index in [1.54, 1.807) is 0 Å². The van der Waals surface area contributed by atoms with Gasteiger partial charge in [0.25, 0.3) is 5.91 Å². The summed E-state index contributed by atoms with van der Waals surface area (Å²) in [5, 5.41) is 1.27. The number of amides is 1. The Labute approximate surface area is 92.1 Å². The van der Waals surface area contributed by atoms with Crippen LogP contribution >= 0.6 is 23.2 Å². The Kier molecular flexibility index (Phi) is 3.53. The topological polar surface area (TPSA) is 41.9 Å². The van der Waals surface area contributed by atoms with E-state index in [4.69, 9.17) is 28.0 Å². The predicted molar refractivity (Wildman–Crippen MR) is 55.4 cm³/mol. The maximum atomic E-state index is 11.7. The molecule has 0 aliphatic carbocycles. The SMILES string of the molecule is CON(C)C(=O)C1(Cl)C=C(Cl)N=CC1. The van der Waals surface area contributed by atoms with Crippen molar-refractivity contribution in [3.8, 4) is 0 Å². The van der Waals surface area contributed by atoms with Gasteiger partial charge in [-0.25, -0.2) is 10.1 Å². The van der Waals surface area contributed by atoms with E-state index in [0.29, 0.717) is 6.42 Å². The molecule has 4 nitrogen and oxygen atoms in total. The van der Waals surface area contributed by atoms with Gasteiger partial charge in [-0.1, -0.05) is 11.6 Å². The van der Waals surface area contributed by atoms with Crippen LogP contribution in [0.4, 0.5) is 0 Å². The number of rotatable bonds is 2. The van der Waals surface area contributed by atoms with E-state index in [0.717, 1.165) is 5.06 Å². The molecule has 0 spiro atoms. The van der Waals surface area contributed by atoms with Gasteiger partial charge in [0.05, 0.1) is 7.11 Å². The molecule has 1 aliphatic rings. The summed E-state index contributed by atoms with van der Waals surface area (Å²) in [5.41, 5.74) is 0. The number of halogens is 2. The van der Waals surface area contributed by atoms with Crippen LogP contribution in [0, 0.1) is 0 Å². The molecule has 0 aromatic heterocycles. The number of hydrogen-bond donors (Lipinski definition) is 0. The summed E-state index contributed by atoms with van der Waals surface area (Å²) in [5.74, 6) is -0.369. The lowest BCUT2D eigenvalue weighted by atomic mass is 10.0. The molecule has 1 amide bonds. The first-order valence-corrected chi connectivity index (χ1v) is 4.67. The van der Waals surface area contributed by atoms with E-state index >= 15 is 0 Å². The standard InChI is InChI=1S/C8H10Cl2N2O2/c1-12(14-2)7(13)8(10)3-4-11-6(9)5-8/h4-5H,3H2,1-2H3. The predicted octanol–water partition coefficient (Wildman–Crippen LogP) is 1.54. The molecular weight excluding hydrogens is 227 g/mol. The lowest BCUT2D eigenvalue weighted by Gasteiger charge is -2.26. The highest BCUT2D eigenvalue weighted by molar-refractivity contribution is 6.39. The summed E-state index contributed by atoms with van der Waals surface area (Å²) >= 11 is 11.7. The summed E-state index contributed by atoms with van der Waals surface area (Å²) < 4.78 is 0. The molecule has 0 fully saturated rings. The number of carbonyl (C=O) groups is 1. The molecule has 1 rings (SSSR count). The van der Waals surface area contributed by atoms with Crippen molar-refractivity contribution >= 4 is 35.3 Å². The molecule has 78 valence electrons. The van der Waals surface area contributed by atoms with E-state index in [-0.39, 0.29) is 11.1 Å². The van der Waals surface area contributed by atoms with Crippen LogP contribution in [0.25, 0.3) is 0 Å². The number of hydroxylamine groups is 2. The summed E-state index contributed by atoms with van der Waals surface area (Å²) in [6.07, 6.45) is 3.22. The van der Waals surface area contributed by atoms with Crippen LogP contribution < -0.4 is 0 Å². The fourth-order valence-electron chi connectivity index (χ4n) is 1.04. The van der Waals surface area contributed by atoms with Gasteiger partial charge in [0.2, 0.25) is 0 Å². The highest BCUT2D eigenvalue weighted by Gasteiger charge is 2.37. The van der Waals surface area contributed by atoms with Crippen LogP contribution in [0.3, 0.4) is 0 Å². The molecule has 0 bridgehead atoms. The van der Waals surface area contributed by atoms with E-state index in [1.807, 2.05) is 0 Å². The van der Waals surface area contributed by atoms with Crippen molar-refractivity contribution in [2.45, 2.75) is 11.3 Å². The Balaban J connectivity index is 2.86. The minimum Gasteiger partial charge on any atom is -0.275 e. The first-order chi connectivity index (χ1) is 6.49. The van der Waals surface area contributed by atoms with Gasteiger partial charge >= 0.3 is 0 Å². The third-order valence-electron chi connectivity index (χ3n) is 1.87. The Bertz CT molecular complexity index is 304. The van der Waals surface area contributed by atoms with Gasteiger partial charge in [-0.05, 0) is 6.08 Å². The van der Waals surface area contributed by atoms with Crippen LogP contribution in [0.2, 0.25) is 0 Å². The molecule has 0 radical (unpaired) electrons. The molecule has 1 aliphatic heterocycles. The number of carbonyl (C=O) groups excluding carboxylic acids is 1. The second-order valence-electron chi connectivity index (χ2n) is 2.83. The second kappa shape index (κ2) is 4.29. The summed E-state index contributed by atoms with van der Waals surface area (Å²) in [6.45, 7) is 0. The Hall–Kier alpha value is -0.580. The summed E-state index contributed by atoms with van der Waals surface area (Å²) in [4.78, 5) is 19.1. The summed E-state index contributed by atoms with van der Waals surface area (Å²) in [7, 11) is 2.88. The Morgan fingerprint density at radius 2 is 2.43 bits per heavy atom. The zero-order valence-electron chi connectivity index (χ0n) is 7.83. The molecule has 0 saturated heterocycles. The van der Waals surface area contributed by atoms with E-state index in [9.17, 15) is 4.79 Å². The molecule has 1 heterocycles. The maximum Gasteiger partial charge on any atom is 0.271 e. The smallest absolute Gasteiger partial charge is 0.271 e. The van der Waals surface area contributed by atoms with Crippen molar-refractivity contribution in [2.75, 3.05) is 14.2 Å². The normalized spacial score (nSPS) is 25.9. The number of aliphatic imine (C=N–C) groups is 1. The number of nitrogens with zero attached hydrogens (tertiary/aromatic N) is 2. The number of hydrogen-bond acceptors (Lipinski definition) is 3. The summed E-state index contributed by atoms with van der Waals surface area (Å²) in [6, 6.07) is 0. The quantitative estimate of drug-likeness (QED) is 0.415. The lowest BCUT2D eigenvalue weighted by molar-refractivity contribution is -0.170. The molecule has 0 N–H and O–H groups in total. The first kappa shape index (κ1) is 11.5. The Morgan fingerprint density at radius 1 is 1.79 bits per heavy atom. The van der Waals surface area contributed by atoms with Gasteiger partial charge in [-0.3, -0.25) is 9.63 Å². The largest absolute Gasteiger partial charge is 0.275 e. The lowest BCUT2D eigenvalue weighted by Crippen LogP contribution is -2.42. The van der Waals surface area contributed by atoms with E-state index in [1.165, 1.54) is 26.4 Å². The highest BCUT2D eigenvalue weighted by Crippen LogP contribution is 2.29. The zero-order chi connectivity index (χ0) is 10.8. The van der Waals surface area contributed by atoms with Crippen molar-refractivity contribution in [1.29, 1.82) is 0 Å². The van der Waals surface area contributed by atoms with Gasteiger partial charge in [0.15, 0.2) is 4.87 Å². The molecule has 0 aromatic rings. The minimum absolute atomic E-state index is 0.212. The Morgan fingerprint density at radius 3 is 2.93 bits per heavy atom. The van der Waals surface area contributed by atoms with Crippen LogP contribution in [0.15, 0.2) is 16.2 Å². The maximum absolute atomic E-state index is 11.7. The third-order valence-corrected chi connectivity index (χ3v) is 2.50. The van der Waals surface area contributed by atoms with Gasteiger partial charge < -0.3 is 0 Å². The van der Waals surface area contributed by atoms with E-state index in [2.05, 4.69) is 4.99 Å². The average Bonchev–Trinajstić information content (AvgIpc) is 2.15. The van der Waals surface area contributed by atoms with Gasteiger partial charge in [0, 0.05) is 19.7 Å². The third kappa shape index (κ3) is 2.26. The van der Waals surface area contributed by atoms with Gasteiger partial charge in [-0.2, -0.15) is 0 Å². The van der Waals surface area contributed by atoms with Crippen LogP contribution in [-0.4, -0.2) is 36.2 Å². The molecule has 6 heteroatoms. The molecule has 14 heavy (non-hydrogen) atoms. The van der Waals surface area contributed by atoms with E-state index < -0.39 is 4.87 Å². The number of alkyl halides is 1. The van der Waals surface area contributed by atoms with Crippen molar-refractivity contribution in [1.82, 2.24) is 5.06 Å². The molecule has 0 aromatic carbocycles. The molecule has 1 atom stereocenters. The first-order valence-electron chi connectivity index (χ1n) is 3.91. The van der Waals surface area contributed by atoms with Crippen LogP contribution in [0.1, 0.15) is 6.42 Å². The van der Waals surface area contributed by atoms with Crippen molar-refractivity contribution in [2.24, 2.45) is 4.99 Å². The molecular formula is C8H10Cl2N2O2. The highest BCUT2D eigenvalue weighted by atomic mass is 35.5. The molecule has 1 unspecified atom stereocenters. The van der Waals surface area contributed by atoms with Crippen molar-refractivity contribution in [3.63, 3.8) is 0 Å². The zero-order valence-corrected chi connectivity index (χ0v) is 9.34. The van der Waals surface area contributed by atoms with Crippen LogP contribution in [-0.2, 0) is 9.63 Å². The fraction of sp³-hybridized carbons (Fsp3) is 0.500. The monoisotopic (exact) mass is 236 g/mol. The van der Waals surface area contributed by atoms with Crippen molar-refractivity contribution < 1.29 is 9.63 Å². The van der Waals surface area contributed by atoms with Crippen LogP contribution in [0.5, 0.6) is 0 Å². The molecule has 0 saturated carbocycles. The van der Waals surface area contributed by atoms with Gasteiger partial charge in [-0.15, -0.1) is 11.6 Å². The minimum atomic E-state index is -1.18.